The topological polar surface area (TPSA) is 343 Å². The van der Waals surface area contributed by atoms with Crippen molar-refractivity contribution < 1.29 is 58.1 Å². The first-order chi connectivity index (χ1) is 34.2. The van der Waals surface area contributed by atoms with Crippen LogP contribution in [0.1, 0.15) is 93.1 Å². The predicted octanol–water partition coefficient (Wildman–Crippen LogP) is 1.25. The normalized spacial score (nSPS) is 25.0. The highest BCUT2D eigenvalue weighted by Crippen LogP contribution is 2.19. The summed E-state index contributed by atoms with van der Waals surface area (Å²) in [7, 11) is 2.84. The van der Waals surface area contributed by atoms with Gasteiger partial charge in [-0.25, -0.2) is 9.59 Å². The number of amides is 7. The second kappa shape index (κ2) is 30.1. The van der Waals surface area contributed by atoms with Gasteiger partial charge in [0.05, 0.1) is 24.0 Å². The minimum atomic E-state index is -1.89. The molecule has 404 valence electrons. The number of nitrogens with two attached hydrogens (primary N) is 2. The molecule has 1 aromatic carbocycles. The van der Waals surface area contributed by atoms with Crippen molar-refractivity contribution in [1.29, 1.82) is 0 Å². The molecule has 1 aliphatic heterocycles. The minimum absolute atomic E-state index is 0.00421. The molecule has 0 aromatic heterocycles. The number of guanidine groups is 1. The number of aliphatic imine (C=N–C) groups is 1. The van der Waals surface area contributed by atoms with Crippen LogP contribution in [0.4, 0.5) is 0 Å². The van der Waals surface area contributed by atoms with E-state index >= 15 is 0 Å². The number of likely N-dealkylation sites (N-methyl/N-ethyl adjacent to an activating group) is 1. The van der Waals surface area contributed by atoms with E-state index in [2.05, 4.69) is 43.5 Å². The smallest absolute Gasteiger partial charge is 0.327 e. The van der Waals surface area contributed by atoms with Crippen molar-refractivity contribution in [1.82, 2.24) is 36.8 Å². The Bertz CT molecular complexity index is 2210. The van der Waals surface area contributed by atoms with Crippen LogP contribution < -0.4 is 43.4 Å². The van der Waals surface area contributed by atoms with Crippen molar-refractivity contribution in [2.45, 2.75) is 136 Å². The third kappa shape index (κ3) is 20.5. The molecule has 7 amide bonds. The molecule has 0 bridgehead atoms. The number of carboxylic acids is 2. The van der Waals surface area contributed by atoms with Crippen LogP contribution in [0.15, 0.2) is 71.4 Å². The molecule has 0 spiro atoms. The first kappa shape index (κ1) is 62.0. The van der Waals surface area contributed by atoms with Crippen LogP contribution in [0, 0.1) is 29.6 Å². The first-order valence-electron chi connectivity index (χ1n) is 24.4. The molecule has 0 unspecified atom stereocenters. The van der Waals surface area contributed by atoms with E-state index in [-0.39, 0.29) is 49.7 Å². The molecule has 10 atom stereocenters. The number of hydrogen-bond donors (Lipinski definition) is 10. The maximum Gasteiger partial charge on any atom is 0.327 e. The summed E-state index contributed by atoms with van der Waals surface area (Å²) < 4.78 is 5.82. The average Bonchev–Trinajstić information content (AvgIpc) is 3.32. The van der Waals surface area contributed by atoms with E-state index in [0.29, 0.717) is 12.0 Å². The summed E-state index contributed by atoms with van der Waals surface area (Å²) in [5.74, 6) is -13.1. The largest absolute Gasteiger partial charge is 0.480 e. The van der Waals surface area contributed by atoms with Gasteiger partial charge in [-0.2, -0.15) is 0 Å². The molecule has 0 radical (unpaired) electrons. The highest BCUT2D eigenvalue weighted by atomic mass is 16.5. The van der Waals surface area contributed by atoms with Gasteiger partial charge in [-0.15, -0.1) is 0 Å². The molecule has 0 aliphatic carbocycles. The van der Waals surface area contributed by atoms with E-state index in [1.807, 2.05) is 43.3 Å². The number of carbonyl (C=O) groups is 9. The number of aliphatic carboxylic acids is 2. The van der Waals surface area contributed by atoms with E-state index < -0.39 is 126 Å². The number of carbonyl (C=O) groups excluding carboxylic acids is 7. The number of nitrogens with one attached hydrogen (secondary N) is 6. The fourth-order valence-electron chi connectivity index (χ4n) is 7.84. The molecule has 2 rings (SSSR count). The highest BCUT2D eigenvalue weighted by Gasteiger charge is 2.38. The van der Waals surface area contributed by atoms with E-state index in [4.69, 9.17) is 16.2 Å². The van der Waals surface area contributed by atoms with Crippen LogP contribution in [-0.2, 0) is 54.3 Å². The van der Waals surface area contributed by atoms with Crippen LogP contribution >= 0.6 is 0 Å². The van der Waals surface area contributed by atoms with E-state index in [9.17, 15) is 53.4 Å². The van der Waals surface area contributed by atoms with E-state index in [1.54, 1.807) is 47.8 Å². The standard InChI is InChI=1S/C51H78N10O12/c1-27(2)24-38-47(67)60-42(50(71)72)32(8)44(64)56-36(18-15-23-54-51(52)53)46(66)55-35(20-19-29(5)25-30(6)39(73-11)26-34-16-13-12-14-17-34)31(7)43(63)57-37(49(69)70)21-22-40(62)61(10)33(9)45(65)59-41(28(3)4)48(68)58-38/h12-14,16-17,19-20,25,27-28,30-32,35-39,41-42H,9,15,18,21-24,26H2,1-8,10-11H3,(H,55,66)(H,56,64)(H,57,63)(H,58,68)(H,59,65)(H,60,67)(H,69,70)(H,71,72)(H4,52,53,54)/b20-19+,29-25+/t30-,31-,32-,35-,36-,37+,38-,39-,41+,42+/m0/s1. The molecular formula is C51H78N10O12. The van der Waals surface area contributed by atoms with Gasteiger partial charge in [0.25, 0.3) is 5.91 Å². The summed E-state index contributed by atoms with van der Waals surface area (Å²) in [5, 5.41) is 35.9. The maximum absolute atomic E-state index is 14.4. The molecule has 1 aliphatic rings. The highest BCUT2D eigenvalue weighted by molar-refractivity contribution is 6.00. The number of benzene rings is 1. The van der Waals surface area contributed by atoms with Gasteiger partial charge < -0.3 is 63.2 Å². The number of carboxylic acid groups (broad SMARTS) is 2. The fourth-order valence-corrected chi connectivity index (χ4v) is 7.84. The lowest BCUT2D eigenvalue weighted by Gasteiger charge is -2.29. The van der Waals surface area contributed by atoms with Gasteiger partial charge in [0.15, 0.2) is 5.96 Å². The van der Waals surface area contributed by atoms with Crippen molar-refractivity contribution in [2.24, 2.45) is 46.0 Å². The Morgan fingerprint density at radius 3 is 2.00 bits per heavy atom. The average molecular weight is 1020 g/mol. The maximum atomic E-state index is 14.4. The molecule has 1 fully saturated rings. The van der Waals surface area contributed by atoms with Crippen molar-refractivity contribution in [3.63, 3.8) is 0 Å². The van der Waals surface area contributed by atoms with Crippen LogP contribution in [0.5, 0.6) is 0 Å². The number of ether oxygens (including phenoxy) is 1. The Kier molecular flexibility index (Phi) is 25.5. The van der Waals surface area contributed by atoms with Crippen molar-refractivity contribution >= 4 is 59.2 Å². The van der Waals surface area contributed by atoms with Gasteiger partial charge in [-0.05, 0) is 56.4 Å². The first-order valence-corrected chi connectivity index (χ1v) is 24.4. The number of nitrogens with zero attached hydrogens (tertiary/aromatic N) is 2. The van der Waals surface area contributed by atoms with Crippen molar-refractivity contribution in [2.75, 3.05) is 20.7 Å². The Labute approximate surface area is 428 Å². The van der Waals surface area contributed by atoms with Crippen LogP contribution in [0.3, 0.4) is 0 Å². The van der Waals surface area contributed by atoms with Gasteiger partial charge in [0.1, 0.15) is 35.9 Å². The van der Waals surface area contributed by atoms with Crippen molar-refractivity contribution in [3.05, 3.63) is 72.0 Å². The molecule has 1 aromatic rings. The van der Waals surface area contributed by atoms with Gasteiger partial charge in [0, 0.05) is 33.0 Å². The molecule has 22 nitrogen and oxygen atoms in total. The third-order valence-corrected chi connectivity index (χ3v) is 12.5. The summed E-state index contributed by atoms with van der Waals surface area (Å²) >= 11 is 0. The van der Waals surface area contributed by atoms with Gasteiger partial charge in [-0.1, -0.05) is 109 Å². The lowest BCUT2D eigenvalue weighted by molar-refractivity contribution is -0.146. The summed E-state index contributed by atoms with van der Waals surface area (Å²) in [6, 6.07) is 0.996. The van der Waals surface area contributed by atoms with E-state index in [0.717, 1.165) is 10.5 Å². The zero-order valence-electron chi connectivity index (χ0n) is 43.7. The molecule has 22 heteroatoms. The summed E-state index contributed by atoms with van der Waals surface area (Å²) in [6.45, 7) is 16.9. The number of rotatable bonds is 16. The van der Waals surface area contributed by atoms with Crippen LogP contribution in [-0.4, -0.2) is 137 Å². The van der Waals surface area contributed by atoms with Gasteiger partial charge in [-0.3, -0.25) is 38.6 Å². The zero-order valence-corrected chi connectivity index (χ0v) is 43.7. The molecule has 12 N–H and O–H groups in total. The third-order valence-electron chi connectivity index (χ3n) is 12.5. The lowest BCUT2D eigenvalue weighted by atomic mass is 9.94. The summed E-state index contributed by atoms with van der Waals surface area (Å²) in [6.07, 6.45) is 4.64. The van der Waals surface area contributed by atoms with Crippen molar-refractivity contribution in [3.8, 4) is 0 Å². The fraction of sp³-hybridized carbons (Fsp3) is 0.569. The minimum Gasteiger partial charge on any atom is -0.480 e. The number of hydrogen-bond acceptors (Lipinski definition) is 11. The monoisotopic (exact) mass is 1020 g/mol. The Balaban J connectivity index is 2.77. The van der Waals surface area contributed by atoms with Crippen LogP contribution in [0.25, 0.3) is 0 Å². The van der Waals surface area contributed by atoms with Crippen LogP contribution in [0.2, 0.25) is 0 Å². The molecule has 73 heavy (non-hydrogen) atoms. The Morgan fingerprint density at radius 2 is 1.44 bits per heavy atom. The number of methoxy groups -OCH3 is 1. The number of allylic oxidation sites excluding steroid dienone is 2. The summed E-state index contributed by atoms with van der Waals surface area (Å²) in [5.41, 5.74) is 12.4. The molecular weight excluding hydrogens is 945 g/mol. The molecule has 1 saturated heterocycles. The lowest BCUT2D eigenvalue weighted by Crippen LogP contribution is -2.59. The van der Waals surface area contributed by atoms with Gasteiger partial charge in [0.2, 0.25) is 35.4 Å². The SMILES string of the molecule is C=C1C(=O)N[C@H](C(C)C)C(=O)N[C@@H](CC(C)C)C(=O)N[C@@H](C(=O)O)[C@H](C)C(=O)N[C@@H](CCCN=C(N)N)C(=O)N[C@@H](/C=C/C(C)=C/[C@H](C)[C@H](Cc2ccccc2)OC)[C@H](C)C(=O)N[C@@H](C(=O)O)CCC(=O)N1C. The second-order valence-electron chi connectivity index (χ2n) is 19.3. The molecule has 1 heterocycles. The van der Waals surface area contributed by atoms with E-state index in [1.165, 1.54) is 27.0 Å². The Hall–Kier alpha value is -7.10. The van der Waals surface area contributed by atoms with Gasteiger partial charge >= 0.3 is 11.9 Å². The Morgan fingerprint density at radius 1 is 0.836 bits per heavy atom. The summed E-state index contributed by atoms with van der Waals surface area (Å²) in [4.78, 5) is 127. The predicted molar refractivity (Wildman–Crippen MR) is 274 cm³/mol. The molecule has 0 saturated carbocycles. The quantitative estimate of drug-likeness (QED) is 0.0367. The zero-order chi connectivity index (χ0) is 55.3. The second-order valence-corrected chi connectivity index (χ2v) is 19.3.